The molecule has 0 amide bonds. The molecule has 5 heteroatoms. The van der Waals surface area contributed by atoms with E-state index >= 15 is 0 Å². The standard InChI is InChI=1S/C16H31N5/c1-12(2)21(7)10-8-9-18-14-11-13(17-6)19-15(20-14)16(3,4)5/h11-12H,8-10H2,1-7H3,(H2,17,18,19,20). The van der Waals surface area contributed by atoms with Gasteiger partial charge in [0.2, 0.25) is 0 Å². The Morgan fingerprint density at radius 1 is 1.19 bits per heavy atom. The van der Waals surface area contributed by atoms with Crippen molar-refractivity contribution in [3.05, 3.63) is 11.9 Å². The quantitative estimate of drug-likeness (QED) is 0.757. The lowest BCUT2D eigenvalue weighted by Gasteiger charge is -2.21. The number of hydrogen-bond donors (Lipinski definition) is 2. The van der Waals surface area contributed by atoms with Gasteiger partial charge >= 0.3 is 0 Å². The fourth-order valence-corrected chi connectivity index (χ4v) is 1.80. The Kier molecular flexibility index (Phi) is 6.40. The fraction of sp³-hybridized carbons (Fsp3) is 0.750. The lowest BCUT2D eigenvalue weighted by Crippen LogP contribution is -2.28. The number of nitrogens with one attached hydrogen (secondary N) is 2. The molecule has 0 aliphatic carbocycles. The van der Waals surface area contributed by atoms with Crippen LogP contribution in [0.2, 0.25) is 0 Å². The van der Waals surface area contributed by atoms with Crippen molar-refractivity contribution in [3.8, 4) is 0 Å². The van der Waals surface area contributed by atoms with Gasteiger partial charge in [0.05, 0.1) is 0 Å². The first-order chi connectivity index (χ1) is 9.74. The van der Waals surface area contributed by atoms with Crippen molar-refractivity contribution >= 4 is 11.6 Å². The summed E-state index contributed by atoms with van der Waals surface area (Å²) < 4.78 is 0. The smallest absolute Gasteiger partial charge is 0.138 e. The molecular formula is C16H31N5. The molecule has 0 fully saturated rings. The summed E-state index contributed by atoms with van der Waals surface area (Å²) in [5.41, 5.74) is -0.0544. The first-order valence-corrected chi connectivity index (χ1v) is 7.75. The number of rotatable bonds is 7. The van der Waals surface area contributed by atoms with Crippen molar-refractivity contribution in [2.24, 2.45) is 0 Å². The summed E-state index contributed by atoms with van der Waals surface area (Å²) in [5, 5.41) is 6.51. The Hall–Kier alpha value is -1.36. The minimum absolute atomic E-state index is 0.0544. The zero-order valence-electron chi connectivity index (χ0n) is 14.6. The van der Waals surface area contributed by atoms with Gasteiger partial charge in [0.25, 0.3) is 0 Å². The van der Waals surface area contributed by atoms with Crippen LogP contribution in [0, 0.1) is 0 Å². The third kappa shape index (κ3) is 5.87. The summed E-state index contributed by atoms with van der Waals surface area (Å²) in [7, 11) is 4.04. The minimum atomic E-state index is -0.0544. The van der Waals surface area contributed by atoms with E-state index in [0.717, 1.165) is 37.0 Å². The van der Waals surface area contributed by atoms with Crippen LogP contribution in [0.15, 0.2) is 6.07 Å². The van der Waals surface area contributed by atoms with Crippen LogP contribution in [0.4, 0.5) is 11.6 Å². The van der Waals surface area contributed by atoms with E-state index in [1.54, 1.807) is 0 Å². The highest BCUT2D eigenvalue weighted by Gasteiger charge is 2.18. The summed E-state index contributed by atoms with van der Waals surface area (Å²) in [6.45, 7) is 12.8. The second kappa shape index (κ2) is 7.59. The molecule has 5 nitrogen and oxygen atoms in total. The Morgan fingerprint density at radius 3 is 2.33 bits per heavy atom. The summed E-state index contributed by atoms with van der Waals surface area (Å²) in [6, 6.07) is 2.55. The molecule has 1 rings (SSSR count). The lowest BCUT2D eigenvalue weighted by atomic mass is 9.96. The summed E-state index contributed by atoms with van der Waals surface area (Å²) >= 11 is 0. The normalized spacial score (nSPS) is 12.0. The summed E-state index contributed by atoms with van der Waals surface area (Å²) in [4.78, 5) is 11.5. The second-order valence-corrected chi connectivity index (χ2v) is 6.82. The van der Waals surface area contributed by atoms with Crippen molar-refractivity contribution in [2.45, 2.75) is 52.5 Å². The van der Waals surface area contributed by atoms with Gasteiger partial charge in [-0.15, -0.1) is 0 Å². The molecule has 0 radical (unpaired) electrons. The van der Waals surface area contributed by atoms with Gasteiger partial charge in [-0.3, -0.25) is 0 Å². The lowest BCUT2D eigenvalue weighted by molar-refractivity contribution is 0.273. The molecule has 1 aromatic heterocycles. The topological polar surface area (TPSA) is 53.1 Å². The van der Waals surface area contributed by atoms with Crippen LogP contribution in [0.3, 0.4) is 0 Å². The van der Waals surface area contributed by atoms with Crippen LogP contribution in [0.25, 0.3) is 0 Å². The molecule has 2 N–H and O–H groups in total. The van der Waals surface area contributed by atoms with Crippen LogP contribution in [-0.4, -0.2) is 48.1 Å². The molecule has 0 aromatic carbocycles. The number of hydrogen-bond acceptors (Lipinski definition) is 5. The first kappa shape index (κ1) is 17.7. The van der Waals surface area contributed by atoms with Crippen molar-refractivity contribution in [2.75, 3.05) is 37.8 Å². The molecular weight excluding hydrogens is 262 g/mol. The predicted octanol–water partition coefficient (Wildman–Crippen LogP) is 2.96. The molecule has 0 aliphatic rings. The maximum Gasteiger partial charge on any atom is 0.138 e. The highest BCUT2D eigenvalue weighted by atomic mass is 15.1. The minimum Gasteiger partial charge on any atom is -0.373 e. The number of nitrogens with zero attached hydrogens (tertiary/aromatic N) is 3. The SMILES string of the molecule is CNc1cc(NCCCN(C)C(C)C)nc(C(C)(C)C)n1. The van der Waals surface area contributed by atoms with Gasteiger partial charge in [-0.1, -0.05) is 20.8 Å². The van der Waals surface area contributed by atoms with Crippen molar-refractivity contribution in [3.63, 3.8) is 0 Å². The maximum absolute atomic E-state index is 4.63. The Labute approximate surface area is 129 Å². The van der Waals surface area contributed by atoms with Crippen LogP contribution in [0.5, 0.6) is 0 Å². The van der Waals surface area contributed by atoms with Gasteiger partial charge in [0, 0.05) is 31.1 Å². The molecule has 0 saturated carbocycles. The molecule has 0 saturated heterocycles. The van der Waals surface area contributed by atoms with E-state index < -0.39 is 0 Å². The van der Waals surface area contributed by atoms with E-state index in [0.29, 0.717) is 6.04 Å². The number of anilines is 2. The monoisotopic (exact) mass is 293 g/mol. The van der Waals surface area contributed by atoms with E-state index in [1.165, 1.54) is 0 Å². The van der Waals surface area contributed by atoms with Gasteiger partial charge in [-0.05, 0) is 33.9 Å². The highest BCUT2D eigenvalue weighted by Crippen LogP contribution is 2.22. The van der Waals surface area contributed by atoms with Crippen LogP contribution >= 0.6 is 0 Å². The van der Waals surface area contributed by atoms with E-state index in [-0.39, 0.29) is 5.41 Å². The van der Waals surface area contributed by atoms with Crippen molar-refractivity contribution < 1.29 is 0 Å². The Bertz CT molecular complexity index is 437. The highest BCUT2D eigenvalue weighted by molar-refractivity contribution is 5.47. The van der Waals surface area contributed by atoms with Crippen LogP contribution in [-0.2, 0) is 5.41 Å². The molecule has 1 heterocycles. The van der Waals surface area contributed by atoms with Crippen LogP contribution in [0.1, 0.15) is 46.9 Å². The molecule has 0 unspecified atom stereocenters. The average Bonchev–Trinajstić information content (AvgIpc) is 2.41. The van der Waals surface area contributed by atoms with Gasteiger partial charge in [-0.25, -0.2) is 9.97 Å². The van der Waals surface area contributed by atoms with Gasteiger partial charge in [0.1, 0.15) is 17.5 Å². The first-order valence-electron chi connectivity index (χ1n) is 7.75. The molecule has 0 bridgehead atoms. The number of aromatic nitrogens is 2. The van der Waals surface area contributed by atoms with Gasteiger partial charge in [-0.2, -0.15) is 0 Å². The van der Waals surface area contributed by atoms with Crippen molar-refractivity contribution in [1.29, 1.82) is 0 Å². The average molecular weight is 293 g/mol. The van der Waals surface area contributed by atoms with Crippen molar-refractivity contribution in [1.82, 2.24) is 14.9 Å². The maximum atomic E-state index is 4.63. The second-order valence-electron chi connectivity index (χ2n) is 6.82. The largest absolute Gasteiger partial charge is 0.373 e. The Morgan fingerprint density at radius 2 is 1.81 bits per heavy atom. The molecule has 1 aromatic rings. The summed E-state index contributed by atoms with van der Waals surface area (Å²) in [5.74, 6) is 2.61. The zero-order valence-corrected chi connectivity index (χ0v) is 14.6. The molecule has 21 heavy (non-hydrogen) atoms. The third-order valence-corrected chi connectivity index (χ3v) is 3.53. The molecule has 0 atom stereocenters. The molecule has 0 aliphatic heterocycles. The third-order valence-electron chi connectivity index (χ3n) is 3.53. The van der Waals surface area contributed by atoms with E-state index in [2.05, 4.69) is 67.2 Å². The molecule has 120 valence electrons. The Balaban J connectivity index is 2.62. The van der Waals surface area contributed by atoms with E-state index in [9.17, 15) is 0 Å². The fourth-order valence-electron chi connectivity index (χ4n) is 1.80. The molecule has 0 spiro atoms. The van der Waals surface area contributed by atoms with E-state index in [4.69, 9.17) is 0 Å². The zero-order chi connectivity index (χ0) is 16.0. The van der Waals surface area contributed by atoms with E-state index in [1.807, 2.05) is 13.1 Å². The van der Waals surface area contributed by atoms with Gasteiger partial charge < -0.3 is 15.5 Å². The van der Waals surface area contributed by atoms with Gasteiger partial charge in [0.15, 0.2) is 0 Å². The summed E-state index contributed by atoms with van der Waals surface area (Å²) in [6.07, 6.45) is 1.10. The predicted molar refractivity (Wildman–Crippen MR) is 91.2 cm³/mol. The van der Waals surface area contributed by atoms with Crippen LogP contribution < -0.4 is 10.6 Å².